The predicted octanol–water partition coefficient (Wildman–Crippen LogP) is 4.74. The van der Waals surface area contributed by atoms with Gasteiger partial charge in [-0.3, -0.25) is 4.98 Å². The Balaban J connectivity index is 1.82. The fraction of sp³-hybridized carbons (Fsp3) is 0.235. The minimum atomic E-state index is 0.0577. The van der Waals surface area contributed by atoms with Gasteiger partial charge in [-0.15, -0.1) is 11.3 Å². The van der Waals surface area contributed by atoms with Crippen molar-refractivity contribution in [3.05, 3.63) is 52.4 Å². The zero-order valence-corrected chi connectivity index (χ0v) is 15.1. The quantitative estimate of drug-likeness (QED) is 0.711. The molecule has 7 heteroatoms. The molecule has 0 bridgehead atoms. The fourth-order valence-electron chi connectivity index (χ4n) is 2.37. The third kappa shape index (κ3) is 3.66. The smallest absolute Gasteiger partial charge is 0.149 e. The lowest BCUT2D eigenvalue weighted by molar-refractivity contribution is 0.415. The molecule has 0 spiro atoms. The number of nitrogens with zero attached hydrogens (tertiary/aromatic N) is 3. The molecule has 0 saturated carbocycles. The van der Waals surface area contributed by atoms with Gasteiger partial charge in [0.05, 0.1) is 31.2 Å². The van der Waals surface area contributed by atoms with Crippen LogP contribution in [0.25, 0.3) is 10.6 Å². The molecule has 124 valence electrons. The lowest BCUT2D eigenvalue weighted by atomic mass is 10.2. The lowest BCUT2D eigenvalue weighted by Crippen LogP contribution is -2.07. The molecule has 0 saturated heterocycles. The number of anilines is 1. The van der Waals surface area contributed by atoms with Crippen molar-refractivity contribution in [1.29, 1.82) is 0 Å². The normalized spacial score (nSPS) is 12.0. The molecule has 1 aromatic carbocycles. The van der Waals surface area contributed by atoms with Crippen LogP contribution in [-0.4, -0.2) is 22.1 Å². The van der Waals surface area contributed by atoms with Crippen molar-refractivity contribution in [2.75, 3.05) is 12.4 Å². The third-order valence-corrected chi connectivity index (χ3v) is 5.10. The van der Waals surface area contributed by atoms with Gasteiger partial charge in [-0.2, -0.15) is 0 Å². The van der Waals surface area contributed by atoms with E-state index in [9.17, 15) is 0 Å². The number of halogens is 1. The van der Waals surface area contributed by atoms with Gasteiger partial charge in [0, 0.05) is 10.4 Å². The maximum atomic E-state index is 5.88. The van der Waals surface area contributed by atoms with Gasteiger partial charge in [-0.25, -0.2) is 9.97 Å². The highest BCUT2D eigenvalue weighted by molar-refractivity contribution is 7.15. The van der Waals surface area contributed by atoms with E-state index < -0.39 is 0 Å². The van der Waals surface area contributed by atoms with E-state index in [1.165, 1.54) is 6.20 Å². The van der Waals surface area contributed by atoms with Crippen LogP contribution in [0, 0.1) is 6.92 Å². The zero-order chi connectivity index (χ0) is 17.1. The van der Waals surface area contributed by atoms with E-state index in [0.29, 0.717) is 11.0 Å². The third-order valence-electron chi connectivity index (χ3n) is 3.53. The van der Waals surface area contributed by atoms with Gasteiger partial charge in [0.2, 0.25) is 0 Å². The fourth-order valence-corrected chi connectivity index (χ4v) is 3.59. The van der Waals surface area contributed by atoms with Crippen molar-refractivity contribution in [3.63, 3.8) is 0 Å². The predicted molar refractivity (Wildman–Crippen MR) is 97.9 cm³/mol. The molecule has 5 nitrogen and oxygen atoms in total. The molecule has 0 aliphatic heterocycles. The Morgan fingerprint density at radius 3 is 2.58 bits per heavy atom. The Hall–Kier alpha value is -2.18. The second-order valence-corrected chi connectivity index (χ2v) is 6.71. The first-order valence-corrected chi connectivity index (χ1v) is 8.62. The van der Waals surface area contributed by atoms with Crippen LogP contribution in [-0.2, 0) is 0 Å². The van der Waals surface area contributed by atoms with Gasteiger partial charge in [-0.05, 0) is 38.1 Å². The minimum absolute atomic E-state index is 0.0577. The van der Waals surface area contributed by atoms with E-state index in [1.807, 2.05) is 31.2 Å². The second-order valence-electron chi connectivity index (χ2n) is 5.29. The summed E-state index contributed by atoms with van der Waals surface area (Å²) in [6.45, 7) is 4.08. The first-order valence-electron chi connectivity index (χ1n) is 7.42. The van der Waals surface area contributed by atoms with Crippen LogP contribution >= 0.6 is 22.9 Å². The summed E-state index contributed by atoms with van der Waals surface area (Å²) in [5.74, 6) is 1.48. The van der Waals surface area contributed by atoms with Crippen molar-refractivity contribution in [2.24, 2.45) is 0 Å². The van der Waals surface area contributed by atoms with Crippen LogP contribution < -0.4 is 10.1 Å². The van der Waals surface area contributed by atoms with E-state index in [0.717, 1.165) is 26.9 Å². The van der Waals surface area contributed by atoms with Gasteiger partial charge in [0.1, 0.15) is 21.7 Å². The van der Waals surface area contributed by atoms with Crippen LogP contribution in [0.1, 0.15) is 23.5 Å². The van der Waals surface area contributed by atoms with Crippen LogP contribution in [0.15, 0.2) is 36.7 Å². The molecule has 0 amide bonds. The number of benzene rings is 1. The van der Waals surface area contributed by atoms with Gasteiger partial charge in [0.15, 0.2) is 0 Å². The second kappa shape index (κ2) is 7.15. The Morgan fingerprint density at radius 1 is 1.17 bits per heavy atom. The van der Waals surface area contributed by atoms with Crippen LogP contribution in [0.4, 0.5) is 5.82 Å². The molecule has 3 aromatic rings. The van der Waals surface area contributed by atoms with Crippen LogP contribution in [0.2, 0.25) is 5.15 Å². The van der Waals surface area contributed by atoms with Gasteiger partial charge in [0.25, 0.3) is 0 Å². The highest BCUT2D eigenvalue weighted by atomic mass is 35.5. The maximum absolute atomic E-state index is 5.88. The Morgan fingerprint density at radius 2 is 1.92 bits per heavy atom. The number of ether oxygens (including phenoxy) is 1. The van der Waals surface area contributed by atoms with Crippen molar-refractivity contribution in [3.8, 4) is 16.3 Å². The molecular weight excluding hydrogens is 344 g/mol. The number of hydrogen-bond donors (Lipinski definition) is 1. The monoisotopic (exact) mass is 360 g/mol. The van der Waals surface area contributed by atoms with Gasteiger partial charge in [-0.1, -0.05) is 11.6 Å². The van der Waals surface area contributed by atoms with Crippen molar-refractivity contribution >= 4 is 28.8 Å². The summed E-state index contributed by atoms with van der Waals surface area (Å²) in [6.07, 6.45) is 3.17. The Kier molecular flexibility index (Phi) is 4.97. The molecule has 1 atom stereocenters. The Labute approximate surface area is 149 Å². The number of rotatable bonds is 5. The van der Waals surface area contributed by atoms with Gasteiger partial charge >= 0.3 is 0 Å². The summed E-state index contributed by atoms with van der Waals surface area (Å²) in [5, 5.41) is 4.67. The highest BCUT2D eigenvalue weighted by Crippen LogP contribution is 2.33. The molecule has 1 N–H and O–H groups in total. The first-order chi connectivity index (χ1) is 11.6. The number of aromatic nitrogens is 3. The van der Waals surface area contributed by atoms with E-state index in [1.54, 1.807) is 24.6 Å². The Bertz CT molecular complexity index is 835. The molecule has 24 heavy (non-hydrogen) atoms. The van der Waals surface area contributed by atoms with Crippen molar-refractivity contribution in [1.82, 2.24) is 15.0 Å². The minimum Gasteiger partial charge on any atom is -0.497 e. The molecule has 0 aliphatic carbocycles. The number of aryl methyl sites for hydroxylation is 1. The molecule has 0 radical (unpaired) electrons. The molecular formula is C17H17ClN4OS. The topological polar surface area (TPSA) is 59.9 Å². The first kappa shape index (κ1) is 16.7. The summed E-state index contributed by atoms with van der Waals surface area (Å²) in [5.41, 5.74) is 2.07. The summed E-state index contributed by atoms with van der Waals surface area (Å²) in [6, 6.07) is 7.97. The molecule has 0 aliphatic rings. The zero-order valence-electron chi connectivity index (χ0n) is 13.6. The average Bonchev–Trinajstić information content (AvgIpc) is 2.97. The summed E-state index contributed by atoms with van der Waals surface area (Å²) < 4.78 is 5.20. The standard InChI is InChI=1S/C17H17ClN4OS/c1-10(20-15-9-19-8-14(18)22-15)16-11(2)21-17(24-16)12-4-6-13(23-3)7-5-12/h4-10H,1-3H3,(H,20,22). The summed E-state index contributed by atoms with van der Waals surface area (Å²) >= 11 is 7.54. The van der Waals surface area contributed by atoms with E-state index >= 15 is 0 Å². The van der Waals surface area contributed by atoms with Crippen molar-refractivity contribution in [2.45, 2.75) is 19.9 Å². The molecule has 2 heterocycles. The average molecular weight is 361 g/mol. The number of thiazole rings is 1. The van der Waals surface area contributed by atoms with E-state index in [2.05, 4.69) is 22.2 Å². The summed E-state index contributed by atoms with van der Waals surface area (Å²) in [4.78, 5) is 14.1. The van der Waals surface area contributed by atoms with Crippen molar-refractivity contribution < 1.29 is 4.74 Å². The van der Waals surface area contributed by atoms with E-state index in [4.69, 9.17) is 21.3 Å². The van der Waals surface area contributed by atoms with E-state index in [-0.39, 0.29) is 6.04 Å². The maximum Gasteiger partial charge on any atom is 0.149 e. The van der Waals surface area contributed by atoms with Crippen LogP contribution in [0.3, 0.4) is 0 Å². The molecule has 3 rings (SSSR count). The molecule has 0 fully saturated rings. The molecule has 1 unspecified atom stereocenters. The summed E-state index contributed by atoms with van der Waals surface area (Å²) in [7, 11) is 1.66. The number of nitrogens with one attached hydrogen (secondary N) is 1. The number of hydrogen-bond acceptors (Lipinski definition) is 6. The number of methoxy groups -OCH3 is 1. The largest absolute Gasteiger partial charge is 0.497 e. The van der Waals surface area contributed by atoms with Crippen LogP contribution in [0.5, 0.6) is 5.75 Å². The molecule has 2 aromatic heterocycles. The SMILES string of the molecule is COc1ccc(-c2nc(C)c(C(C)Nc3cncc(Cl)n3)s2)cc1. The highest BCUT2D eigenvalue weighted by Gasteiger charge is 2.16. The van der Waals surface area contributed by atoms with Gasteiger partial charge < -0.3 is 10.1 Å². The lowest BCUT2D eigenvalue weighted by Gasteiger charge is -2.13.